The van der Waals surface area contributed by atoms with E-state index in [9.17, 15) is 9.59 Å². The summed E-state index contributed by atoms with van der Waals surface area (Å²) in [6, 6.07) is 15.2. The molecule has 6 heteroatoms. The number of likely N-dealkylation sites (N-methyl/N-ethyl adjacent to an activating group) is 1. The van der Waals surface area contributed by atoms with Crippen LogP contribution in [0.25, 0.3) is 11.0 Å². The molecule has 0 N–H and O–H groups in total. The first kappa shape index (κ1) is 18.4. The zero-order chi connectivity index (χ0) is 19.5. The van der Waals surface area contributed by atoms with E-state index in [4.69, 9.17) is 0 Å². The second kappa shape index (κ2) is 7.94. The van der Waals surface area contributed by atoms with Gasteiger partial charge in [0.25, 0.3) is 11.5 Å². The van der Waals surface area contributed by atoms with Crippen molar-refractivity contribution in [2.24, 2.45) is 0 Å². The predicted molar refractivity (Wildman–Crippen MR) is 110 cm³/mol. The number of hydrogen-bond acceptors (Lipinski definition) is 4. The minimum absolute atomic E-state index is 0.187. The van der Waals surface area contributed by atoms with E-state index >= 15 is 0 Å². The Morgan fingerprint density at radius 1 is 1.04 bits per heavy atom. The van der Waals surface area contributed by atoms with Gasteiger partial charge in [-0.15, -0.1) is 0 Å². The van der Waals surface area contributed by atoms with Crippen LogP contribution in [0, 0.1) is 0 Å². The summed E-state index contributed by atoms with van der Waals surface area (Å²) >= 11 is 0. The van der Waals surface area contributed by atoms with Crippen LogP contribution in [0.4, 0.5) is 0 Å². The number of piperazine rings is 1. The predicted octanol–water partition coefficient (Wildman–Crippen LogP) is 2.22. The van der Waals surface area contributed by atoms with E-state index in [-0.39, 0.29) is 17.0 Å². The molecule has 2 aromatic heterocycles. The zero-order valence-corrected chi connectivity index (χ0v) is 16.0. The third-order valence-electron chi connectivity index (χ3n) is 5.37. The normalized spacial score (nSPS) is 15.1. The van der Waals surface area contributed by atoms with Gasteiger partial charge in [-0.05, 0) is 30.3 Å². The van der Waals surface area contributed by atoms with E-state index in [1.54, 1.807) is 21.7 Å². The van der Waals surface area contributed by atoms with Crippen molar-refractivity contribution in [3.8, 4) is 0 Å². The van der Waals surface area contributed by atoms with Gasteiger partial charge in [0, 0.05) is 37.8 Å². The second-order valence-electron chi connectivity index (χ2n) is 7.08. The Balaban J connectivity index is 1.74. The van der Waals surface area contributed by atoms with Crippen LogP contribution in [-0.4, -0.2) is 58.0 Å². The fourth-order valence-corrected chi connectivity index (χ4v) is 3.71. The van der Waals surface area contributed by atoms with Crippen LogP contribution < -0.4 is 5.56 Å². The van der Waals surface area contributed by atoms with Crippen molar-refractivity contribution < 1.29 is 4.79 Å². The van der Waals surface area contributed by atoms with Crippen LogP contribution in [0.5, 0.6) is 0 Å². The van der Waals surface area contributed by atoms with Crippen LogP contribution in [0.3, 0.4) is 0 Å². The minimum Gasteiger partial charge on any atom is -0.336 e. The number of nitrogens with zero attached hydrogens (tertiary/aromatic N) is 4. The van der Waals surface area contributed by atoms with Crippen LogP contribution in [0.1, 0.15) is 22.8 Å². The quantitative estimate of drug-likeness (QED) is 0.701. The Labute approximate surface area is 164 Å². The number of fused-ring (bicyclic) bond motifs is 1. The molecule has 1 aromatic carbocycles. The molecule has 6 nitrogen and oxygen atoms in total. The highest BCUT2D eigenvalue weighted by molar-refractivity contribution is 5.97. The molecule has 1 amide bonds. The zero-order valence-electron chi connectivity index (χ0n) is 16.0. The SMILES string of the molecule is CCN1CCN(C(=O)c2cc3cccnc3n(Cc3ccccc3)c2=O)CC1. The van der Waals surface area contributed by atoms with E-state index in [1.165, 1.54) is 0 Å². The van der Waals surface area contributed by atoms with Gasteiger partial charge < -0.3 is 9.80 Å². The number of hydrogen-bond donors (Lipinski definition) is 0. The maximum atomic E-state index is 13.3. The number of carbonyl (C=O) groups excluding carboxylic acids is 1. The van der Waals surface area contributed by atoms with Crippen LogP contribution >= 0.6 is 0 Å². The standard InChI is InChI=1S/C22H24N4O2/c1-2-24-11-13-25(14-12-24)21(27)19-15-18-9-6-10-23-20(18)26(22(19)28)16-17-7-4-3-5-8-17/h3-10,15H,2,11-14,16H2,1H3. The molecule has 0 saturated carbocycles. The van der Waals surface area contributed by atoms with Crippen molar-refractivity contribution in [2.75, 3.05) is 32.7 Å². The third kappa shape index (κ3) is 3.55. The first-order valence-corrected chi connectivity index (χ1v) is 9.71. The molecule has 0 atom stereocenters. The molecule has 1 fully saturated rings. The lowest BCUT2D eigenvalue weighted by atomic mass is 10.1. The molecule has 3 heterocycles. The fraction of sp³-hybridized carbons (Fsp3) is 0.318. The molecule has 1 aliphatic heterocycles. The minimum atomic E-state index is -0.280. The Kier molecular flexibility index (Phi) is 5.21. The molecule has 3 aromatic rings. The lowest BCUT2D eigenvalue weighted by molar-refractivity contribution is 0.0641. The van der Waals surface area contributed by atoms with Crippen molar-refractivity contribution >= 4 is 16.9 Å². The number of benzene rings is 1. The van der Waals surface area contributed by atoms with E-state index in [2.05, 4.69) is 16.8 Å². The van der Waals surface area contributed by atoms with Crippen molar-refractivity contribution in [2.45, 2.75) is 13.5 Å². The first-order chi connectivity index (χ1) is 13.7. The molecule has 28 heavy (non-hydrogen) atoms. The molecule has 0 spiro atoms. The van der Waals surface area contributed by atoms with Gasteiger partial charge >= 0.3 is 0 Å². The van der Waals surface area contributed by atoms with Gasteiger partial charge in [-0.25, -0.2) is 4.98 Å². The maximum absolute atomic E-state index is 13.3. The Bertz CT molecular complexity index is 1040. The van der Waals surface area contributed by atoms with Gasteiger partial charge in [-0.2, -0.15) is 0 Å². The van der Waals surface area contributed by atoms with Crippen LogP contribution in [0.15, 0.2) is 59.5 Å². The van der Waals surface area contributed by atoms with E-state index in [1.807, 2.05) is 42.5 Å². The van der Waals surface area contributed by atoms with E-state index in [0.717, 1.165) is 30.6 Å². The molecule has 4 rings (SSSR count). The molecule has 0 aliphatic carbocycles. The highest BCUT2D eigenvalue weighted by Crippen LogP contribution is 2.15. The van der Waals surface area contributed by atoms with Gasteiger partial charge in [0.05, 0.1) is 6.54 Å². The lowest BCUT2D eigenvalue weighted by Crippen LogP contribution is -2.49. The number of rotatable bonds is 4. The molecule has 1 aliphatic rings. The number of amides is 1. The number of aromatic nitrogens is 2. The first-order valence-electron chi connectivity index (χ1n) is 9.71. The summed E-state index contributed by atoms with van der Waals surface area (Å²) < 4.78 is 1.61. The molecular weight excluding hydrogens is 352 g/mol. The second-order valence-corrected chi connectivity index (χ2v) is 7.08. The summed E-state index contributed by atoms with van der Waals surface area (Å²) in [5.74, 6) is -0.187. The van der Waals surface area contributed by atoms with E-state index < -0.39 is 0 Å². The highest BCUT2D eigenvalue weighted by atomic mass is 16.2. The average molecular weight is 376 g/mol. The fourth-order valence-electron chi connectivity index (χ4n) is 3.71. The van der Waals surface area contributed by atoms with Crippen molar-refractivity contribution in [3.05, 3.63) is 76.2 Å². The molecular formula is C22H24N4O2. The van der Waals surface area contributed by atoms with Gasteiger partial charge in [0.2, 0.25) is 0 Å². The third-order valence-corrected chi connectivity index (χ3v) is 5.37. The maximum Gasteiger partial charge on any atom is 0.265 e. The van der Waals surface area contributed by atoms with Crippen LogP contribution in [0.2, 0.25) is 0 Å². The molecule has 1 saturated heterocycles. The smallest absolute Gasteiger partial charge is 0.265 e. The van der Waals surface area contributed by atoms with Gasteiger partial charge in [-0.3, -0.25) is 14.2 Å². The largest absolute Gasteiger partial charge is 0.336 e. The topological polar surface area (TPSA) is 58.4 Å². The molecule has 0 unspecified atom stereocenters. The average Bonchev–Trinajstić information content (AvgIpc) is 2.76. The summed E-state index contributed by atoms with van der Waals surface area (Å²) in [5.41, 5.74) is 1.54. The summed E-state index contributed by atoms with van der Waals surface area (Å²) in [7, 11) is 0. The number of pyridine rings is 2. The monoisotopic (exact) mass is 376 g/mol. The molecule has 0 radical (unpaired) electrons. The lowest BCUT2D eigenvalue weighted by Gasteiger charge is -2.34. The molecule has 0 bridgehead atoms. The summed E-state index contributed by atoms with van der Waals surface area (Å²) in [6.07, 6.45) is 1.68. The van der Waals surface area contributed by atoms with Crippen LogP contribution in [-0.2, 0) is 6.54 Å². The van der Waals surface area contributed by atoms with Gasteiger partial charge in [0.15, 0.2) is 0 Å². The van der Waals surface area contributed by atoms with Crippen molar-refractivity contribution in [1.82, 2.24) is 19.4 Å². The van der Waals surface area contributed by atoms with Gasteiger partial charge in [-0.1, -0.05) is 37.3 Å². The Morgan fingerprint density at radius 3 is 2.50 bits per heavy atom. The highest BCUT2D eigenvalue weighted by Gasteiger charge is 2.25. The van der Waals surface area contributed by atoms with Crippen molar-refractivity contribution in [1.29, 1.82) is 0 Å². The van der Waals surface area contributed by atoms with E-state index in [0.29, 0.717) is 25.3 Å². The summed E-state index contributed by atoms with van der Waals surface area (Å²) in [4.78, 5) is 34.9. The summed E-state index contributed by atoms with van der Waals surface area (Å²) in [5, 5.41) is 0.800. The molecule has 144 valence electrons. The Hall–Kier alpha value is -2.99. The summed E-state index contributed by atoms with van der Waals surface area (Å²) in [6.45, 7) is 6.47. The Morgan fingerprint density at radius 2 is 1.79 bits per heavy atom. The van der Waals surface area contributed by atoms with Crippen molar-refractivity contribution in [3.63, 3.8) is 0 Å². The van der Waals surface area contributed by atoms with Gasteiger partial charge in [0.1, 0.15) is 11.2 Å². The number of carbonyl (C=O) groups is 1.